The van der Waals surface area contributed by atoms with Gasteiger partial charge in [-0.1, -0.05) is 34.6 Å². The number of carboxylic acids is 1. The number of hydrogen-bond donors (Lipinski definition) is 4. The Labute approximate surface area is 302 Å². The number of furan rings is 2. The Morgan fingerprint density at radius 2 is 1.39 bits per heavy atom. The average Bonchev–Trinajstić information content (AvgIpc) is 3.50. The quantitative estimate of drug-likeness (QED) is 0.220. The van der Waals surface area contributed by atoms with Crippen molar-refractivity contribution in [2.75, 3.05) is 0 Å². The first-order valence-electron chi connectivity index (χ1n) is 19.8. The van der Waals surface area contributed by atoms with Gasteiger partial charge in [0.2, 0.25) is 11.7 Å². The predicted molar refractivity (Wildman–Crippen MR) is 190 cm³/mol. The van der Waals surface area contributed by atoms with Crippen LogP contribution in [0.4, 0.5) is 0 Å². The molecule has 2 heterocycles. The molecule has 0 radical (unpaired) electrons. The van der Waals surface area contributed by atoms with Crippen LogP contribution in [0, 0.1) is 69.0 Å². The number of rotatable bonds is 8. The van der Waals surface area contributed by atoms with Gasteiger partial charge in [-0.25, -0.2) is 4.79 Å². The fourth-order valence-electron chi connectivity index (χ4n) is 13.9. The molecule has 2 amide bonds. The van der Waals surface area contributed by atoms with Crippen LogP contribution in [0.3, 0.4) is 0 Å². The molecule has 0 aromatic carbocycles. The highest BCUT2D eigenvalue weighted by molar-refractivity contribution is 5.91. The maximum atomic E-state index is 14.6. The van der Waals surface area contributed by atoms with Gasteiger partial charge in [0, 0.05) is 0 Å². The summed E-state index contributed by atoms with van der Waals surface area (Å²) in [5.41, 5.74) is 0.141. The highest BCUT2D eigenvalue weighted by Gasteiger charge is 2.69. The fourth-order valence-corrected chi connectivity index (χ4v) is 13.9. The first-order chi connectivity index (χ1) is 24.2. The standard InChI is InChI=1S/C42H58N2O7/c1-23-20-28(23)26-12-18-42(38(49)44-22-25-6-9-30(50-25)36(46)43-21-24-7-10-31(51-24)37(47)48)19-13-29-27(35(26)42)8-11-33-40(29,4)16-14-32-39(2,3)34(45)15-17-41(32,33)5/h6-7,9-10,23,26-29,32-35,45H,8,11-22H2,1-5H3,(H,43,46)(H,44,49)(H,47,48). The molecule has 278 valence electrons. The second kappa shape index (κ2) is 12.2. The number of aliphatic hydroxyl groups excluding tert-OH is 1. The summed E-state index contributed by atoms with van der Waals surface area (Å²) in [4.78, 5) is 38.4. The van der Waals surface area contributed by atoms with Crippen LogP contribution in [-0.2, 0) is 17.9 Å². The molecular weight excluding hydrogens is 644 g/mol. The summed E-state index contributed by atoms with van der Waals surface area (Å²) in [6, 6.07) is 6.22. The fraction of sp³-hybridized carbons (Fsp3) is 0.738. The minimum atomic E-state index is -1.16. The van der Waals surface area contributed by atoms with Crippen molar-refractivity contribution in [3.8, 4) is 0 Å². The topological polar surface area (TPSA) is 142 Å². The van der Waals surface area contributed by atoms with E-state index < -0.39 is 11.9 Å². The van der Waals surface area contributed by atoms with Crippen LogP contribution in [0.2, 0.25) is 0 Å². The highest BCUT2D eigenvalue weighted by atomic mass is 16.4. The third-order valence-corrected chi connectivity index (χ3v) is 16.4. The maximum Gasteiger partial charge on any atom is 0.371 e. The summed E-state index contributed by atoms with van der Waals surface area (Å²) >= 11 is 0. The van der Waals surface area contributed by atoms with E-state index >= 15 is 0 Å². The van der Waals surface area contributed by atoms with Crippen molar-refractivity contribution in [1.29, 1.82) is 0 Å². The first-order valence-corrected chi connectivity index (χ1v) is 19.8. The third-order valence-electron chi connectivity index (χ3n) is 16.4. The van der Waals surface area contributed by atoms with Gasteiger partial charge in [0.05, 0.1) is 24.6 Å². The minimum absolute atomic E-state index is 0.0342. The molecule has 6 saturated carbocycles. The van der Waals surface area contributed by atoms with Crippen molar-refractivity contribution in [2.45, 2.75) is 124 Å². The van der Waals surface area contributed by atoms with Gasteiger partial charge < -0.3 is 29.7 Å². The Hall–Kier alpha value is -3.07. The maximum absolute atomic E-state index is 14.6. The molecule has 2 aromatic heterocycles. The van der Waals surface area contributed by atoms with Gasteiger partial charge in [0.15, 0.2) is 5.76 Å². The smallest absolute Gasteiger partial charge is 0.371 e. The monoisotopic (exact) mass is 702 g/mol. The van der Waals surface area contributed by atoms with Crippen molar-refractivity contribution >= 4 is 17.8 Å². The van der Waals surface area contributed by atoms with Crippen molar-refractivity contribution in [3.63, 3.8) is 0 Å². The zero-order valence-corrected chi connectivity index (χ0v) is 31.1. The Balaban J connectivity index is 0.973. The number of aromatic carboxylic acids is 1. The van der Waals surface area contributed by atoms with E-state index in [-0.39, 0.29) is 58.3 Å². The molecule has 9 nitrogen and oxygen atoms in total. The van der Waals surface area contributed by atoms with Crippen LogP contribution in [0.5, 0.6) is 0 Å². The first kappa shape index (κ1) is 35.0. The Morgan fingerprint density at radius 1 is 0.745 bits per heavy atom. The van der Waals surface area contributed by atoms with Gasteiger partial charge in [-0.05, 0) is 158 Å². The van der Waals surface area contributed by atoms with Crippen molar-refractivity contribution in [3.05, 3.63) is 47.3 Å². The van der Waals surface area contributed by atoms with Crippen LogP contribution < -0.4 is 10.6 Å². The van der Waals surface area contributed by atoms with Crippen LogP contribution in [-0.4, -0.2) is 34.1 Å². The molecule has 6 aliphatic rings. The molecule has 6 aliphatic carbocycles. The SMILES string of the molecule is CC1CC1C1CCC2(C(=O)NCc3ccc(C(=O)NCc4ccc(C(=O)O)o4)o3)CCC3C(CCC4C3(C)CCC3C(C)(C)C(O)CCC34C)C12. The number of nitrogens with one attached hydrogen (secondary N) is 2. The van der Waals surface area contributed by atoms with E-state index in [9.17, 15) is 19.5 Å². The molecule has 0 aliphatic heterocycles. The van der Waals surface area contributed by atoms with Gasteiger partial charge in [-0.3, -0.25) is 9.59 Å². The van der Waals surface area contributed by atoms with Crippen LogP contribution in [0.25, 0.3) is 0 Å². The Kier molecular flexibility index (Phi) is 8.40. The second-order valence-corrected chi connectivity index (χ2v) is 18.9. The van der Waals surface area contributed by atoms with Gasteiger partial charge >= 0.3 is 5.97 Å². The lowest BCUT2D eigenvalue weighted by atomic mass is 9.36. The molecule has 0 spiro atoms. The third kappa shape index (κ3) is 5.44. The molecule has 8 rings (SSSR count). The summed E-state index contributed by atoms with van der Waals surface area (Å²) < 4.78 is 11.1. The van der Waals surface area contributed by atoms with Crippen molar-refractivity contribution in [1.82, 2.24) is 10.6 Å². The summed E-state index contributed by atoms with van der Waals surface area (Å²) in [6.07, 6.45) is 12.2. The van der Waals surface area contributed by atoms with E-state index in [1.54, 1.807) is 12.1 Å². The average molecular weight is 703 g/mol. The number of amides is 2. The van der Waals surface area contributed by atoms with E-state index in [1.807, 2.05) is 0 Å². The van der Waals surface area contributed by atoms with Gasteiger partial charge in [0.1, 0.15) is 11.5 Å². The largest absolute Gasteiger partial charge is 0.475 e. The molecule has 12 unspecified atom stereocenters. The molecule has 9 heteroatoms. The molecule has 6 fully saturated rings. The van der Waals surface area contributed by atoms with E-state index in [0.717, 1.165) is 50.4 Å². The lowest BCUT2D eigenvalue weighted by molar-refractivity contribution is -0.217. The summed E-state index contributed by atoms with van der Waals surface area (Å²) in [5, 5.41) is 26.1. The van der Waals surface area contributed by atoms with Crippen LogP contribution in [0.15, 0.2) is 33.1 Å². The minimum Gasteiger partial charge on any atom is -0.475 e. The lowest BCUT2D eigenvalue weighted by Gasteiger charge is -2.69. The number of carbonyl (C=O) groups excluding carboxylic acids is 2. The Bertz CT molecular complexity index is 1690. The molecule has 0 bridgehead atoms. The molecular formula is C42H58N2O7. The van der Waals surface area contributed by atoms with E-state index in [2.05, 4.69) is 45.3 Å². The number of carbonyl (C=O) groups is 3. The van der Waals surface area contributed by atoms with E-state index in [4.69, 9.17) is 13.9 Å². The molecule has 51 heavy (non-hydrogen) atoms. The zero-order valence-electron chi connectivity index (χ0n) is 31.1. The number of hydrogen-bond acceptors (Lipinski definition) is 6. The van der Waals surface area contributed by atoms with Gasteiger partial charge in [-0.2, -0.15) is 0 Å². The lowest BCUT2D eigenvalue weighted by Crippen LogP contribution is -2.64. The van der Waals surface area contributed by atoms with E-state index in [0.29, 0.717) is 47.0 Å². The predicted octanol–water partition coefficient (Wildman–Crippen LogP) is 7.83. The molecule has 4 N–H and O–H groups in total. The number of fused-ring (bicyclic) bond motifs is 7. The van der Waals surface area contributed by atoms with Gasteiger partial charge in [-0.15, -0.1) is 0 Å². The van der Waals surface area contributed by atoms with Crippen molar-refractivity contribution in [2.24, 2.45) is 69.0 Å². The van der Waals surface area contributed by atoms with Gasteiger partial charge in [0.25, 0.3) is 5.91 Å². The second-order valence-electron chi connectivity index (χ2n) is 18.9. The molecule has 2 aromatic rings. The normalized spacial score (nSPS) is 42.1. The van der Waals surface area contributed by atoms with E-state index in [1.165, 1.54) is 44.2 Å². The Morgan fingerprint density at radius 3 is 2.08 bits per heavy atom. The zero-order chi connectivity index (χ0) is 36.1. The molecule has 0 saturated heterocycles. The molecule has 12 atom stereocenters. The van der Waals surface area contributed by atoms with Crippen LogP contribution in [0.1, 0.15) is 138 Å². The van der Waals surface area contributed by atoms with Crippen LogP contribution >= 0.6 is 0 Å². The number of aliphatic hydroxyl groups is 1. The summed E-state index contributed by atoms with van der Waals surface area (Å²) in [7, 11) is 0. The summed E-state index contributed by atoms with van der Waals surface area (Å²) in [6.45, 7) is 12.5. The highest BCUT2D eigenvalue weighted by Crippen LogP contribution is 2.74. The van der Waals surface area contributed by atoms with Crippen molar-refractivity contribution < 1.29 is 33.4 Å². The summed E-state index contributed by atoms with van der Waals surface area (Å²) in [5.74, 6) is 4.37. The number of carboxylic acid groups (broad SMARTS) is 1.